The Bertz CT molecular complexity index is 1130. The molecule has 0 aliphatic heterocycles. The molecule has 0 saturated heterocycles. The molecular weight excluding hydrogens is 406 g/mol. The normalized spacial score (nSPS) is 12.0. The fourth-order valence-corrected chi connectivity index (χ4v) is 4.32. The van der Waals surface area contributed by atoms with Gasteiger partial charge in [-0.25, -0.2) is 0 Å². The molecule has 1 aromatic carbocycles. The number of nitrogens with one attached hydrogen (secondary N) is 3. The Hall–Kier alpha value is -3.04. The number of carbonyl (C=O) groups is 2. The smallest absolute Gasteiger partial charge is 0.262 e. The first-order valence-corrected chi connectivity index (χ1v) is 10.9. The van der Waals surface area contributed by atoms with Crippen molar-refractivity contribution in [2.45, 2.75) is 25.8 Å². The Labute approximate surface area is 175 Å². The Balaban J connectivity index is 1.57. The summed E-state index contributed by atoms with van der Waals surface area (Å²) in [6.07, 6.45) is 2.98. The van der Waals surface area contributed by atoms with Gasteiger partial charge in [-0.15, -0.1) is 21.5 Å². The maximum atomic E-state index is 13.0. The molecular formula is C20H19N5O2S2. The summed E-state index contributed by atoms with van der Waals surface area (Å²) in [7, 11) is 0. The van der Waals surface area contributed by atoms with Crippen LogP contribution in [0, 0.1) is 0 Å². The van der Waals surface area contributed by atoms with E-state index in [1.807, 2.05) is 48.8 Å². The topological polar surface area (TPSA) is 99.8 Å². The van der Waals surface area contributed by atoms with Crippen molar-refractivity contribution in [1.82, 2.24) is 20.5 Å². The molecule has 0 aliphatic rings. The lowest BCUT2D eigenvalue weighted by Gasteiger charge is -2.17. The van der Waals surface area contributed by atoms with Gasteiger partial charge in [0.15, 0.2) is 0 Å². The van der Waals surface area contributed by atoms with E-state index in [2.05, 4.69) is 25.8 Å². The number of carbonyl (C=O) groups excluding carboxylic acids is 2. The highest BCUT2D eigenvalue weighted by Crippen LogP contribution is 2.21. The van der Waals surface area contributed by atoms with E-state index in [9.17, 15) is 9.59 Å². The van der Waals surface area contributed by atoms with Crippen molar-refractivity contribution in [3.8, 4) is 0 Å². The predicted octanol–water partition coefficient (Wildman–Crippen LogP) is 3.62. The number of rotatable bonds is 7. The van der Waals surface area contributed by atoms with Crippen LogP contribution in [0.5, 0.6) is 0 Å². The van der Waals surface area contributed by atoms with Crippen molar-refractivity contribution >= 4 is 50.5 Å². The van der Waals surface area contributed by atoms with Crippen LogP contribution >= 0.6 is 22.7 Å². The molecule has 0 fully saturated rings. The molecule has 3 N–H and O–H groups in total. The Morgan fingerprint density at radius 2 is 2.03 bits per heavy atom. The summed E-state index contributed by atoms with van der Waals surface area (Å²) in [6.45, 7) is 1.98. The lowest BCUT2D eigenvalue weighted by Crippen LogP contribution is -2.45. The van der Waals surface area contributed by atoms with Crippen molar-refractivity contribution in [3.05, 3.63) is 63.4 Å². The third-order valence-electron chi connectivity index (χ3n) is 4.47. The molecule has 4 rings (SSSR count). The molecule has 2 amide bonds. The number of hydrogen-bond donors (Lipinski definition) is 3. The first-order chi connectivity index (χ1) is 14.1. The molecule has 148 valence electrons. The van der Waals surface area contributed by atoms with Crippen LogP contribution < -0.4 is 10.6 Å². The number of aromatic amines is 1. The number of nitrogens with zero attached hydrogens (tertiary/aromatic N) is 2. The van der Waals surface area contributed by atoms with E-state index in [1.54, 1.807) is 6.07 Å². The number of anilines is 1. The third-order valence-corrected chi connectivity index (χ3v) is 6.32. The molecule has 29 heavy (non-hydrogen) atoms. The number of aryl methyl sites for hydroxylation is 1. The second kappa shape index (κ2) is 8.54. The van der Waals surface area contributed by atoms with E-state index in [4.69, 9.17) is 0 Å². The maximum absolute atomic E-state index is 13.0. The monoisotopic (exact) mass is 425 g/mol. The molecule has 0 saturated carbocycles. The van der Waals surface area contributed by atoms with Gasteiger partial charge in [0.25, 0.3) is 5.91 Å². The standard InChI is InChI=1S/C20H19N5O2S2/c1-2-17-24-25-20(29-17)23-18(26)15(22-19(27)16-8-5-9-28-16)10-12-11-21-14-7-4-3-6-13(12)14/h3-9,11,15,21H,2,10H2,1H3,(H,22,27)(H,23,25,26). The largest absolute Gasteiger partial charge is 0.361 e. The molecule has 0 bridgehead atoms. The molecule has 7 nitrogen and oxygen atoms in total. The molecule has 0 spiro atoms. The van der Waals surface area contributed by atoms with Gasteiger partial charge in [0.1, 0.15) is 11.0 Å². The van der Waals surface area contributed by atoms with E-state index in [0.717, 1.165) is 27.9 Å². The highest BCUT2D eigenvalue weighted by atomic mass is 32.1. The SMILES string of the molecule is CCc1nnc(NC(=O)C(Cc2c[nH]c3ccccc23)NC(=O)c2cccs2)s1. The molecule has 0 aliphatic carbocycles. The Morgan fingerprint density at radius 1 is 1.17 bits per heavy atom. The zero-order valence-electron chi connectivity index (χ0n) is 15.6. The van der Waals surface area contributed by atoms with Gasteiger partial charge in [-0.1, -0.05) is 42.5 Å². The van der Waals surface area contributed by atoms with Crippen molar-refractivity contribution in [2.24, 2.45) is 0 Å². The molecule has 1 atom stereocenters. The zero-order chi connectivity index (χ0) is 20.2. The van der Waals surface area contributed by atoms with E-state index in [-0.39, 0.29) is 11.8 Å². The van der Waals surface area contributed by atoms with Crippen LogP contribution in [0.2, 0.25) is 0 Å². The van der Waals surface area contributed by atoms with Crippen LogP contribution in [-0.4, -0.2) is 33.0 Å². The van der Waals surface area contributed by atoms with Crippen LogP contribution in [0.1, 0.15) is 27.2 Å². The lowest BCUT2D eigenvalue weighted by atomic mass is 10.0. The Morgan fingerprint density at radius 3 is 2.79 bits per heavy atom. The lowest BCUT2D eigenvalue weighted by molar-refractivity contribution is -0.118. The van der Waals surface area contributed by atoms with E-state index < -0.39 is 6.04 Å². The summed E-state index contributed by atoms with van der Waals surface area (Å²) >= 11 is 2.67. The first-order valence-electron chi connectivity index (χ1n) is 9.16. The molecule has 3 heterocycles. The van der Waals surface area contributed by atoms with Gasteiger partial charge in [-0.05, 0) is 29.5 Å². The first kappa shape index (κ1) is 19.3. The number of benzene rings is 1. The van der Waals surface area contributed by atoms with Crippen LogP contribution in [0.4, 0.5) is 5.13 Å². The number of thiophene rings is 1. The fraction of sp³-hybridized carbons (Fsp3) is 0.200. The van der Waals surface area contributed by atoms with Gasteiger partial charge in [-0.2, -0.15) is 0 Å². The van der Waals surface area contributed by atoms with Crippen LogP contribution in [-0.2, 0) is 17.6 Å². The van der Waals surface area contributed by atoms with Crippen molar-refractivity contribution in [2.75, 3.05) is 5.32 Å². The summed E-state index contributed by atoms with van der Waals surface area (Å²) in [5.74, 6) is -0.592. The number of para-hydroxylation sites is 1. The van der Waals surface area contributed by atoms with Crippen LogP contribution in [0.3, 0.4) is 0 Å². The Kier molecular flexibility index (Phi) is 5.68. The number of H-pyrrole nitrogens is 1. The van der Waals surface area contributed by atoms with Crippen molar-refractivity contribution in [1.29, 1.82) is 0 Å². The highest BCUT2D eigenvalue weighted by Gasteiger charge is 2.24. The molecule has 4 aromatic rings. The second-order valence-corrected chi connectivity index (χ2v) is 8.42. The minimum atomic E-state index is -0.752. The van der Waals surface area contributed by atoms with E-state index >= 15 is 0 Å². The minimum absolute atomic E-state index is 0.272. The predicted molar refractivity (Wildman–Crippen MR) is 115 cm³/mol. The van der Waals surface area contributed by atoms with Crippen LogP contribution in [0.25, 0.3) is 10.9 Å². The van der Waals surface area contributed by atoms with Gasteiger partial charge in [-0.3, -0.25) is 14.9 Å². The summed E-state index contributed by atoms with van der Waals surface area (Å²) in [4.78, 5) is 29.4. The number of fused-ring (bicyclic) bond motifs is 1. The quantitative estimate of drug-likeness (QED) is 0.421. The minimum Gasteiger partial charge on any atom is -0.361 e. The van der Waals surface area contributed by atoms with Crippen molar-refractivity contribution < 1.29 is 9.59 Å². The summed E-state index contributed by atoms with van der Waals surface area (Å²) < 4.78 is 0. The summed E-state index contributed by atoms with van der Waals surface area (Å²) in [5, 5.41) is 17.8. The third kappa shape index (κ3) is 4.36. The van der Waals surface area contributed by atoms with Gasteiger partial charge >= 0.3 is 0 Å². The maximum Gasteiger partial charge on any atom is 0.262 e. The van der Waals surface area contributed by atoms with Gasteiger partial charge in [0.05, 0.1) is 4.88 Å². The highest BCUT2D eigenvalue weighted by molar-refractivity contribution is 7.15. The zero-order valence-corrected chi connectivity index (χ0v) is 17.3. The number of aromatic nitrogens is 3. The summed E-state index contributed by atoms with van der Waals surface area (Å²) in [5.41, 5.74) is 1.95. The second-order valence-electron chi connectivity index (χ2n) is 6.41. The number of amides is 2. The molecule has 3 aromatic heterocycles. The van der Waals surface area contributed by atoms with E-state index in [0.29, 0.717) is 16.4 Å². The van der Waals surface area contributed by atoms with E-state index in [1.165, 1.54) is 22.7 Å². The van der Waals surface area contributed by atoms with Crippen LogP contribution in [0.15, 0.2) is 48.0 Å². The number of hydrogen-bond acceptors (Lipinski definition) is 6. The van der Waals surface area contributed by atoms with Gasteiger partial charge in [0.2, 0.25) is 11.0 Å². The average Bonchev–Trinajstić information content (AvgIpc) is 3.48. The molecule has 9 heteroatoms. The van der Waals surface area contributed by atoms with Gasteiger partial charge < -0.3 is 10.3 Å². The van der Waals surface area contributed by atoms with Gasteiger partial charge in [0, 0.05) is 23.5 Å². The molecule has 1 unspecified atom stereocenters. The van der Waals surface area contributed by atoms with Crippen molar-refractivity contribution in [3.63, 3.8) is 0 Å². The average molecular weight is 426 g/mol. The molecule has 0 radical (unpaired) electrons. The fourth-order valence-electron chi connectivity index (χ4n) is 3.01. The summed E-state index contributed by atoms with van der Waals surface area (Å²) in [6, 6.07) is 10.7.